The SMILES string of the molecule is COc1cccc(CN2CCN(C(=O)c3ccc(NS(=O)(=O)c4cccc5cccnc45)cc3)CC2)c1OC. The minimum atomic E-state index is -3.87. The Balaban J connectivity index is 1.21. The third kappa shape index (κ3) is 5.67. The summed E-state index contributed by atoms with van der Waals surface area (Å²) in [5.74, 6) is 1.34. The van der Waals surface area contributed by atoms with Crippen molar-refractivity contribution in [2.24, 2.45) is 0 Å². The van der Waals surface area contributed by atoms with E-state index in [-0.39, 0.29) is 10.8 Å². The van der Waals surface area contributed by atoms with Crippen LogP contribution in [0.3, 0.4) is 0 Å². The molecule has 0 spiro atoms. The van der Waals surface area contributed by atoms with E-state index in [2.05, 4.69) is 14.6 Å². The number of nitrogens with zero attached hydrogens (tertiary/aromatic N) is 3. The van der Waals surface area contributed by atoms with Gasteiger partial charge < -0.3 is 14.4 Å². The fraction of sp³-hybridized carbons (Fsp3) is 0.241. The minimum absolute atomic E-state index is 0.0822. The van der Waals surface area contributed by atoms with Gasteiger partial charge in [-0.15, -0.1) is 0 Å². The Morgan fingerprint density at radius 3 is 2.33 bits per heavy atom. The third-order valence-electron chi connectivity index (χ3n) is 6.81. The van der Waals surface area contributed by atoms with Gasteiger partial charge in [-0.2, -0.15) is 0 Å². The van der Waals surface area contributed by atoms with E-state index in [0.29, 0.717) is 42.2 Å². The van der Waals surface area contributed by atoms with E-state index in [1.807, 2.05) is 35.2 Å². The van der Waals surface area contributed by atoms with Gasteiger partial charge in [0.05, 0.1) is 19.7 Å². The maximum atomic E-state index is 13.1. The van der Waals surface area contributed by atoms with Crippen LogP contribution in [0.15, 0.2) is 83.9 Å². The molecule has 202 valence electrons. The zero-order valence-corrected chi connectivity index (χ0v) is 22.6. The zero-order chi connectivity index (χ0) is 27.4. The number of benzene rings is 3. The molecule has 0 atom stereocenters. The summed E-state index contributed by atoms with van der Waals surface area (Å²) in [5.41, 5.74) is 2.32. The van der Waals surface area contributed by atoms with Gasteiger partial charge in [0.1, 0.15) is 4.90 Å². The second-order valence-corrected chi connectivity index (χ2v) is 10.9. The van der Waals surface area contributed by atoms with Crippen molar-refractivity contribution < 1.29 is 22.7 Å². The summed E-state index contributed by atoms with van der Waals surface area (Å²) in [6, 6.07) is 21.0. The molecular weight excluding hydrogens is 516 g/mol. The predicted octanol–water partition coefficient (Wildman–Crippen LogP) is 4.01. The van der Waals surface area contributed by atoms with Crippen LogP contribution in [-0.4, -0.2) is 69.5 Å². The van der Waals surface area contributed by atoms with Gasteiger partial charge in [-0.3, -0.25) is 19.4 Å². The number of ether oxygens (including phenoxy) is 2. The Labute approximate surface area is 228 Å². The lowest BCUT2D eigenvalue weighted by Gasteiger charge is -2.35. The molecule has 0 aliphatic carbocycles. The largest absolute Gasteiger partial charge is 0.493 e. The van der Waals surface area contributed by atoms with Crippen molar-refractivity contribution in [2.45, 2.75) is 11.4 Å². The van der Waals surface area contributed by atoms with Crippen molar-refractivity contribution in [1.82, 2.24) is 14.8 Å². The lowest BCUT2D eigenvalue weighted by molar-refractivity contribution is 0.0627. The number of aromatic nitrogens is 1. The van der Waals surface area contributed by atoms with Crippen molar-refractivity contribution in [3.63, 3.8) is 0 Å². The van der Waals surface area contributed by atoms with E-state index in [9.17, 15) is 13.2 Å². The van der Waals surface area contributed by atoms with Crippen LogP contribution in [0.1, 0.15) is 15.9 Å². The summed E-state index contributed by atoms with van der Waals surface area (Å²) in [5, 5.41) is 0.740. The normalized spacial score (nSPS) is 14.3. The molecule has 0 unspecified atom stereocenters. The molecule has 4 aromatic rings. The van der Waals surface area contributed by atoms with Gasteiger partial charge in [0.15, 0.2) is 11.5 Å². The quantitative estimate of drug-likeness (QED) is 0.356. The zero-order valence-electron chi connectivity index (χ0n) is 21.8. The van der Waals surface area contributed by atoms with Gasteiger partial charge >= 0.3 is 0 Å². The van der Waals surface area contributed by atoms with Crippen molar-refractivity contribution >= 4 is 32.5 Å². The van der Waals surface area contributed by atoms with Gasteiger partial charge in [0, 0.05) is 61.1 Å². The topological polar surface area (TPSA) is 101 Å². The standard InChI is InChI=1S/C29H30N4O5S/c1-37-25-9-3-7-23(28(25)38-2)20-32-16-18-33(19-17-32)29(34)22-11-13-24(14-12-22)31-39(35,36)26-10-4-6-21-8-5-15-30-27(21)26/h3-15,31H,16-20H2,1-2H3. The average Bonchev–Trinajstić information content (AvgIpc) is 2.97. The molecule has 0 radical (unpaired) electrons. The Bertz CT molecular complexity index is 1580. The number of methoxy groups -OCH3 is 2. The summed E-state index contributed by atoms with van der Waals surface area (Å²) in [6.45, 7) is 3.33. The van der Waals surface area contributed by atoms with Crippen LogP contribution in [0.5, 0.6) is 11.5 Å². The second kappa shape index (κ2) is 11.3. The molecule has 0 saturated carbocycles. The third-order valence-corrected chi connectivity index (χ3v) is 8.22. The number of para-hydroxylation sites is 2. The lowest BCUT2D eigenvalue weighted by atomic mass is 10.1. The molecule has 1 aliphatic rings. The molecule has 5 rings (SSSR count). The van der Waals surface area contributed by atoms with Gasteiger partial charge in [-0.1, -0.05) is 30.3 Å². The van der Waals surface area contributed by atoms with Crippen molar-refractivity contribution in [3.8, 4) is 11.5 Å². The van der Waals surface area contributed by atoms with Crippen LogP contribution in [0.2, 0.25) is 0 Å². The van der Waals surface area contributed by atoms with Gasteiger partial charge in [0.25, 0.3) is 15.9 Å². The fourth-order valence-electron chi connectivity index (χ4n) is 4.79. The molecular formula is C29H30N4O5S. The number of carbonyl (C=O) groups is 1. The summed E-state index contributed by atoms with van der Waals surface area (Å²) in [4.78, 5) is 21.6. The Hall–Kier alpha value is -4.15. The molecule has 2 heterocycles. The number of pyridine rings is 1. The first-order valence-corrected chi connectivity index (χ1v) is 14.1. The van der Waals surface area contributed by atoms with Crippen molar-refractivity contribution in [3.05, 3.63) is 90.1 Å². The van der Waals surface area contributed by atoms with Crippen molar-refractivity contribution in [1.29, 1.82) is 0 Å². The summed E-state index contributed by atoms with van der Waals surface area (Å²) >= 11 is 0. The number of hydrogen-bond acceptors (Lipinski definition) is 7. The summed E-state index contributed by atoms with van der Waals surface area (Å²) in [7, 11) is -0.610. The average molecular weight is 547 g/mol. The van der Waals surface area contributed by atoms with E-state index in [4.69, 9.17) is 9.47 Å². The number of carbonyl (C=O) groups excluding carboxylic acids is 1. The molecule has 1 saturated heterocycles. The van der Waals surface area contributed by atoms with Crippen LogP contribution in [0.4, 0.5) is 5.69 Å². The Kier molecular flexibility index (Phi) is 7.67. The maximum Gasteiger partial charge on any atom is 0.264 e. The predicted molar refractivity (Wildman–Crippen MR) is 150 cm³/mol. The highest BCUT2D eigenvalue weighted by molar-refractivity contribution is 7.93. The van der Waals surface area contributed by atoms with E-state index < -0.39 is 10.0 Å². The highest BCUT2D eigenvalue weighted by atomic mass is 32.2. The lowest BCUT2D eigenvalue weighted by Crippen LogP contribution is -2.48. The maximum absolute atomic E-state index is 13.1. The molecule has 1 N–H and O–H groups in total. The monoisotopic (exact) mass is 546 g/mol. The molecule has 0 bridgehead atoms. The number of hydrogen-bond donors (Lipinski definition) is 1. The number of amides is 1. The van der Waals surface area contributed by atoms with E-state index in [0.717, 1.165) is 29.8 Å². The van der Waals surface area contributed by atoms with E-state index in [1.54, 1.807) is 56.8 Å². The second-order valence-electron chi connectivity index (χ2n) is 9.24. The van der Waals surface area contributed by atoms with Crippen LogP contribution < -0.4 is 14.2 Å². The highest BCUT2D eigenvalue weighted by Gasteiger charge is 2.24. The van der Waals surface area contributed by atoms with Gasteiger partial charge in [-0.25, -0.2) is 8.42 Å². The Morgan fingerprint density at radius 2 is 1.62 bits per heavy atom. The number of nitrogens with one attached hydrogen (secondary N) is 1. The first kappa shape index (κ1) is 26.5. The van der Waals surface area contributed by atoms with E-state index in [1.165, 1.54) is 6.07 Å². The van der Waals surface area contributed by atoms with Crippen LogP contribution in [-0.2, 0) is 16.6 Å². The Morgan fingerprint density at radius 1 is 0.897 bits per heavy atom. The highest BCUT2D eigenvalue weighted by Crippen LogP contribution is 2.31. The minimum Gasteiger partial charge on any atom is -0.493 e. The van der Waals surface area contributed by atoms with Crippen LogP contribution >= 0.6 is 0 Å². The molecule has 1 fully saturated rings. The molecule has 9 nitrogen and oxygen atoms in total. The van der Waals surface area contributed by atoms with Crippen LogP contribution in [0.25, 0.3) is 10.9 Å². The summed E-state index contributed by atoms with van der Waals surface area (Å²) in [6.07, 6.45) is 1.57. The number of rotatable bonds is 8. The first-order valence-electron chi connectivity index (χ1n) is 12.6. The van der Waals surface area contributed by atoms with Crippen LogP contribution in [0, 0.1) is 0 Å². The van der Waals surface area contributed by atoms with Gasteiger partial charge in [-0.05, 0) is 42.5 Å². The number of fused-ring (bicyclic) bond motifs is 1. The van der Waals surface area contributed by atoms with Crippen molar-refractivity contribution in [2.75, 3.05) is 45.1 Å². The van der Waals surface area contributed by atoms with E-state index >= 15 is 0 Å². The molecule has 1 aromatic heterocycles. The molecule has 39 heavy (non-hydrogen) atoms. The molecule has 3 aromatic carbocycles. The molecule has 10 heteroatoms. The smallest absolute Gasteiger partial charge is 0.264 e. The summed E-state index contributed by atoms with van der Waals surface area (Å²) < 4.78 is 39.7. The number of sulfonamides is 1. The molecule has 1 aliphatic heterocycles. The fourth-order valence-corrected chi connectivity index (χ4v) is 6.03. The number of anilines is 1. The van der Waals surface area contributed by atoms with Gasteiger partial charge in [0.2, 0.25) is 0 Å². The first-order chi connectivity index (χ1) is 18.9. The number of piperazine rings is 1. The molecule has 1 amide bonds.